The molecule has 1 N–H and O–H groups in total. The molecular formula is C27H31NO4. The Labute approximate surface area is 190 Å². The summed E-state index contributed by atoms with van der Waals surface area (Å²) in [7, 11) is 0. The van der Waals surface area contributed by atoms with Gasteiger partial charge in [-0.15, -0.1) is 0 Å². The third kappa shape index (κ3) is 6.58. The first kappa shape index (κ1) is 23.3. The van der Waals surface area contributed by atoms with E-state index in [2.05, 4.69) is 24.0 Å². The minimum atomic E-state index is -0.782. The summed E-state index contributed by atoms with van der Waals surface area (Å²) in [4.78, 5) is 14.9. The third-order valence-electron chi connectivity index (χ3n) is 5.49. The van der Waals surface area contributed by atoms with Crippen molar-refractivity contribution in [2.75, 3.05) is 6.61 Å². The average Bonchev–Trinajstić information content (AvgIpc) is 2.79. The fraction of sp³-hybridized carbons (Fsp3) is 0.333. The molecule has 2 aromatic carbocycles. The van der Waals surface area contributed by atoms with Gasteiger partial charge in [0.05, 0.1) is 12.7 Å². The van der Waals surface area contributed by atoms with Gasteiger partial charge in [-0.05, 0) is 85.3 Å². The molecule has 0 spiro atoms. The quantitative estimate of drug-likeness (QED) is 0.409. The van der Waals surface area contributed by atoms with Crippen molar-refractivity contribution in [2.24, 2.45) is 0 Å². The Bertz CT molecular complexity index is 1030. The Hall–Kier alpha value is -3.34. The van der Waals surface area contributed by atoms with Gasteiger partial charge in [0.2, 0.25) is 0 Å². The second kappa shape index (κ2) is 11.3. The molecule has 32 heavy (non-hydrogen) atoms. The van der Waals surface area contributed by atoms with Crippen LogP contribution in [0.5, 0.6) is 11.5 Å². The second-order valence-corrected chi connectivity index (χ2v) is 7.97. The first-order chi connectivity index (χ1) is 15.5. The van der Waals surface area contributed by atoms with Gasteiger partial charge in [-0.25, -0.2) is 0 Å². The summed E-state index contributed by atoms with van der Waals surface area (Å²) < 4.78 is 12.2. The SMILES string of the molecule is CCc1ccc(OC(C)CCOc2ccc(CCC(=O)O)c(C)c2)c(-c2ccncc2)c1. The number of ether oxygens (including phenoxy) is 2. The highest BCUT2D eigenvalue weighted by atomic mass is 16.5. The van der Waals surface area contributed by atoms with E-state index >= 15 is 0 Å². The molecule has 3 rings (SSSR count). The lowest BCUT2D eigenvalue weighted by Crippen LogP contribution is -2.16. The van der Waals surface area contributed by atoms with Gasteiger partial charge >= 0.3 is 5.97 Å². The van der Waals surface area contributed by atoms with Crippen LogP contribution in [0.2, 0.25) is 0 Å². The van der Waals surface area contributed by atoms with Crippen molar-refractivity contribution in [2.45, 2.75) is 52.6 Å². The minimum Gasteiger partial charge on any atom is -0.493 e. The molecule has 0 aliphatic rings. The molecule has 0 saturated carbocycles. The van der Waals surface area contributed by atoms with Crippen LogP contribution >= 0.6 is 0 Å². The van der Waals surface area contributed by atoms with Crippen LogP contribution in [0.1, 0.15) is 43.4 Å². The van der Waals surface area contributed by atoms with E-state index in [9.17, 15) is 4.79 Å². The molecule has 0 radical (unpaired) electrons. The summed E-state index contributed by atoms with van der Waals surface area (Å²) >= 11 is 0. The monoisotopic (exact) mass is 433 g/mol. The van der Waals surface area contributed by atoms with E-state index in [1.807, 2.05) is 50.2 Å². The number of hydrogen-bond donors (Lipinski definition) is 1. The van der Waals surface area contributed by atoms with E-state index in [0.717, 1.165) is 46.6 Å². The summed E-state index contributed by atoms with van der Waals surface area (Å²) in [6, 6.07) is 16.2. The van der Waals surface area contributed by atoms with Crippen LogP contribution < -0.4 is 9.47 Å². The first-order valence-corrected chi connectivity index (χ1v) is 11.1. The molecule has 0 aliphatic heterocycles. The Kier molecular flexibility index (Phi) is 8.26. The van der Waals surface area contributed by atoms with Crippen LogP contribution in [0, 0.1) is 6.92 Å². The van der Waals surface area contributed by atoms with Crippen LogP contribution in [0.4, 0.5) is 0 Å². The van der Waals surface area contributed by atoms with Crippen LogP contribution in [0.15, 0.2) is 60.9 Å². The molecule has 0 amide bonds. The van der Waals surface area contributed by atoms with Crippen molar-refractivity contribution in [1.82, 2.24) is 4.98 Å². The van der Waals surface area contributed by atoms with Crippen molar-refractivity contribution in [3.63, 3.8) is 0 Å². The summed E-state index contributed by atoms with van der Waals surface area (Å²) in [6.07, 6.45) is 5.95. The number of aryl methyl sites for hydroxylation is 3. The number of pyridine rings is 1. The number of carboxylic acid groups (broad SMARTS) is 1. The Morgan fingerprint density at radius 3 is 2.56 bits per heavy atom. The normalized spacial score (nSPS) is 11.7. The number of nitrogens with zero attached hydrogens (tertiary/aromatic N) is 1. The summed E-state index contributed by atoms with van der Waals surface area (Å²) in [5.74, 6) is 0.869. The molecule has 5 nitrogen and oxygen atoms in total. The predicted octanol–water partition coefficient (Wildman–Crippen LogP) is 5.87. The fourth-order valence-corrected chi connectivity index (χ4v) is 3.56. The van der Waals surface area contributed by atoms with E-state index in [4.69, 9.17) is 14.6 Å². The van der Waals surface area contributed by atoms with Gasteiger partial charge in [-0.3, -0.25) is 9.78 Å². The van der Waals surface area contributed by atoms with Crippen molar-refractivity contribution in [1.29, 1.82) is 0 Å². The standard InChI is InChI=1S/C27H31NO4/c1-4-21-5-9-26(25(18-21)23-11-14-28-15-12-23)32-20(3)13-16-31-24-8-6-22(19(2)17-24)7-10-27(29)30/h5-6,8-9,11-12,14-15,17-18,20H,4,7,10,13,16H2,1-3H3,(H,29,30). The van der Waals surface area contributed by atoms with Gasteiger partial charge in [-0.1, -0.05) is 19.1 Å². The molecule has 1 aromatic heterocycles. The number of benzene rings is 2. The van der Waals surface area contributed by atoms with Gasteiger partial charge in [0.1, 0.15) is 11.5 Å². The van der Waals surface area contributed by atoms with Gasteiger partial charge in [-0.2, -0.15) is 0 Å². The number of hydrogen-bond acceptors (Lipinski definition) is 4. The highest BCUT2D eigenvalue weighted by Gasteiger charge is 2.12. The Morgan fingerprint density at radius 2 is 1.88 bits per heavy atom. The van der Waals surface area contributed by atoms with E-state index < -0.39 is 5.97 Å². The zero-order chi connectivity index (χ0) is 22.9. The maximum absolute atomic E-state index is 10.8. The molecule has 3 aromatic rings. The molecule has 1 unspecified atom stereocenters. The van der Waals surface area contributed by atoms with E-state index in [0.29, 0.717) is 13.0 Å². The zero-order valence-electron chi connectivity index (χ0n) is 19.0. The summed E-state index contributed by atoms with van der Waals surface area (Å²) in [5, 5.41) is 8.86. The number of carbonyl (C=O) groups is 1. The largest absolute Gasteiger partial charge is 0.493 e. The molecule has 0 aliphatic carbocycles. The zero-order valence-corrected chi connectivity index (χ0v) is 19.0. The topological polar surface area (TPSA) is 68.7 Å². The number of aliphatic carboxylic acids is 1. The third-order valence-corrected chi connectivity index (χ3v) is 5.49. The average molecular weight is 434 g/mol. The molecule has 0 saturated heterocycles. The summed E-state index contributed by atoms with van der Waals surface area (Å²) in [5.41, 5.74) is 5.52. The van der Waals surface area contributed by atoms with Gasteiger partial charge in [0, 0.05) is 30.8 Å². The van der Waals surface area contributed by atoms with Crippen molar-refractivity contribution in [3.8, 4) is 22.6 Å². The predicted molar refractivity (Wildman–Crippen MR) is 126 cm³/mol. The van der Waals surface area contributed by atoms with Crippen LogP contribution in [-0.4, -0.2) is 28.8 Å². The highest BCUT2D eigenvalue weighted by Crippen LogP contribution is 2.32. The van der Waals surface area contributed by atoms with Crippen LogP contribution in [0.3, 0.4) is 0 Å². The maximum atomic E-state index is 10.8. The molecule has 0 fully saturated rings. The number of aromatic nitrogens is 1. The lowest BCUT2D eigenvalue weighted by atomic mass is 10.0. The lowest BCUT2D eigenvalue weighted by Gasteiger charge is -2.19. The van der Waals surface area contributed by atoms with Crippen LogP contribution in [0.25, 0.3) is 11.1 Å². The molecule has 0 bridgehead atoms. The Morgan fingerprint density at radius 1 is 1.09 bits per heavy atom. The van der Waals surface area contributed by atoms with Gasteiger partial charge in [0.15, 0.2) is 0 Å². The molecule has 1 heterocycles. The van der Waals surface area contributed by atoms with E-state index in [-0.39, 0.29) is 12.5 Å². The van der Waals surface area contributed by atoms with E-state index in [1.54, 1.807) is 12.4 Å². The molecule has 5 heteroatoms. The van der Waals surface area contributed by atoms with Crippen molar-refractivity contribution in [3.05, 3.63) is 77.6 Å². The number of carboxylic acids is 1. The second-order valence-electron chi connectivity index (χ2n) is 7.97. The smallest absolute Gasteiger partial charge is 0.303 e. The minimum absolute atomic E-state index is 0.0148. The van der Waals surface area contributed by atoms with Gasteiger partial charge in [0.25, 0.3) is 0 Å². The van der Waals surface area contributed by atoms with Crippen LogP contribution in [-0.2, 0) is 17.6 Å². The number of rotatable bonds is 11. The first-order valence-electron chi connectivity index (χ1n) is 11.1. The Balaban J connectivity index is 1.58. The fourth-order valence-electron chi connectivity index (χ4n) is 3.56. The van der Waals surface area contributed by atoms with Crippen molar-refractivity contribution >= 4 is 5.97 Å². The van der Waals surface area contributed by atoms with E-state index in [1.165, 1.54) is 5.56 Å². The van der Waals surface area contributed by atoms with Crippen molar-refractivity contribution < 1.29 is 19.4 Å². The van der Waals surface area contributed by atoms with Gasteiger partial charge < -0.3 is 14.6 Å². The molecule has 1 atom stereocenters. The summed E-state index contributed by atoms with van der Waals surface area (Å²) in [6.45, 7) is 6.71. The maximum Gasteiger partial charge on any atom is 0.303 e. The lowest BCUT2D eigenvalue weighted by molar-refractivity contribution is -0.136. The molecule has 168 valence electrons. The molecular weight excluding hydrogens is 402 g/mol. The highest BCUT2D eigenvalue weighted by molar-refractivity contribution is 5.71.